The summed E-state index contributed by atoms with van der Waals surface area (Å²) in [6.07, 6.45) is 1.23. The molecule has 0 aliphatic carbocycles. The van der Waals surface area contributed by atoms with E-state index < -0.39 is 10.0 Å². The minimum atomic E-state index is -3.88. The van der Waals surface area contributed by atoms with Crippen LogP contribution >= 0.6 is 11.3 Å². The zero-order valence-corrected chi connectivity index (χ0v) is 18.9. The molecule has 1 fully saturated rings. The molecule has 0 atom stereocenters. The van der Waals surface area contributed by atoms with Crippen LogP contribution in [-0.2, 0) is 21.4 Å². The van der Waals surface area contributed by atoms with Gasteiger partial charge in [-0.2, -0.15) is 0 Å². The number of amides is 1. The summed E-state index contributed by atoms with van der Waals surface area (Å²) in [5.74, 6) is 0.217. The maximum Gasteiger partial charge on any atom is 0.244 e. The van der Waals surface area contributed by atoms with E-state index in [0.29, 0.717) is 24.3 Å². The second kappa shape index (κ2) is 8.78. The molecule has 4 rings (SSSR count). The van der Waals surface area contributed by atoms with Crippen molar-refractivity contribution in [3.05, 3.63) is 59.1 Å². The summed E-state index contributed by atoms with van der Waals surface area (Å²) in [6, 6.07) is 12.7. The van der Waals surface area contributed by atoms with Gasteiger partial charge in [0.25, 0.3) is 0 Å². The fraction of sp³-hybridized carbons (Fsp3) is 0.273. The molecule has 0 spiro atoms. The van der Waals surface area contributed by atoms with Crippen LogP contribution in [0.15, 0.2) is 52.7 Å². The van der Waals surface area contributed by atoms with Gasteiger partial charge in [-0.3, -0.25) is 4.79 Å². The Bertz CT molecular complexity index is 1220. The highest BCUT2D eigenvalue weighted by molar-refractivity contribution is 7.89. The number of nitrogens with zero attached hydrogens (tertiary/aromatic N) is 2. The summed E-state index contributed by atoms with van der Waals surface area (Å²) in [6.45, 7) is 2.66. The lowest BCUT2D eigenvalue weighted by Crippen LogP contribution is -2.26. The fourth-order valence-electron chi connectivity index (χ4n) is 3.54. The first-order valence-corrected chi connectivity index (χ1v) is 12.2. The lowest BCUT2D eigenvalue weighted by molar-refractivity contribution is -0.117. The van der Waals surface area contributed by atoms with Gasteiger partial charge >= 0.3 is 0 Å². The summed E-state index contributed by atoms with van der Waals surface area (Å²) < 4.78 is 34.0. The molecule has 1 saturated heterocycles. The van der Waals surface area contributed by atoms with Crippen LogP contribution in [0.2, 0.25) is 0 Å². The van der Waals surface area contributed by atoms with Crippen LogP contribution in [0.1, 0.15) is 24.1 Å². The third kappa shape index (κ3) is 4.48. The van der Waals surface area contributed by atoms with Crippen LogP contribution in [0.5, 0.6) is 5.75 Å². The topological polar surface area (TPSA) is 88.6 Å². The first kappa shape index (κ1) is 21.5. The largest absolute Gasteiger partial charge is 0.495 e. The molecular formula is C22H23N3O4S2. The summed E-state index contributed by atoms with van der Waals surface area (Å²) in [4.78, 5) is 18.3. The first-order valence-electron chi connectivity index (χ1n) is 9.87. The molecule has 1 aromatic heterocycles. The van der Waals surface area contributed by atoms with Crippen LogP contribution in [-0.4, -0.2) is 33.0 Å². The van der Waals surface area contributed by atoms with Gasteiger partial charge in [0.1, 0.15) is 15.7 Å². The molecule has 0 radical (unpaired) electrons. The van der Waals surface area contributed by atoms with E-state index in [1.54, 1.807) is 17.0 Å². The van der Waals surface area contributed by atoms with Crippen LogP contribution in [0.3, 0.4) is 0 Å². The Labute approximate surface area is 185 Å². The molecule has 1 amide bonds. The highest BCUT2D eigenvalue weighted by Crippen LogP contribution is 2.31. The number of aryl methyl sites for hydroxylation is 1. The van der Waals surface area contributed by atoms with E-state index in [2.05, 4.69) is 9.71 Å². The zero-order valence-electron chi connectivity index (χ0n) is 17.3. The van der Waals surface area contributed by atoms with E-state index >= 15 is 0 Å². The zero-order chi connectivity index (χ0) is 22.0. The molecule has 0 bridgehead atoms. The van der Waals surface area contributed by atoms with E-state index in [1.807, 2.05) is 36.6 Å². The van der Waals surface area contributed by atoms with Crippen molar-refractivity contribution in [2.75, 3.05) is 18.6 Å². The lowest BCUT2D eigenvalue weighted by atomic mass is 10.1. The van der Waals surface area contributed by atoms with Crippen LogP contribution in [0, 0.1) is 6.92 Å². The Balaban J connectivity index is 1.55. The molecule has 1 aliphatic heterocycles. The third-order valence-electron chi connectivity index (χ3n) is 5.19. The Morgan fingerprint density at radius 3 is 2.74 bits per heavy atom. The van der Waals surface area contributed by atoms with Crippen molar-refractivity contribution in [3.8, 4) is 16.3 Å². The molecular weight excluding hydrogens is 434 g/mol. The minimum Gasteiger partial charge on any atom is -0.495 e. The minimum absolute atomic E-state index is 0.00144. The molecule has 2 aromatic carbocycles. The van der Waals surface area contributed by atoms with E-state index in [0.717, 1.165) is 22.6 Å². The van der Waals surface area contributed by atoms with E-state index in [1.165, 1.54) is 24.5 Å². The molecule has 2 heterocycles. The van der Waals surface area contributed by atoms with Gasteiger partial charge < -0.3 is 9.64 Å². The number of hydrogen-bond acceptors (Lipinski definition) is 6. The second-order valence-electron chi connectivity index (χ2n) is 7.27. The molecule has 31 heavy (non-hydrogen) atoms. The quantitative estimate of drug-likeness (QED) is 0.584. The molecule has 1 aliphatic rings. The van der Waals surface area contributed by atoms with Crippen molar-refractivity contribution in [2.45, 2.75) is 31.2 Å². The van der Waals surface area contributed by atoms with Crippen molar-refractivity contribution < 1.29 is 17.9 Å². The van der Waals surface area contributed by atoms with Gasteiger partial charge in [-0.25, -0.2) is 18.1 Å². The van der Waals surface area contributed by atoms with E-state index in [4.69, 9.17) is 4.74 Å². The van der Waals surface area contributed by atoms with Crippen molar-refractivity contribution in [1.82, 2.24) is 9.71 Å². The highest BCUT2D eigenvalue weighted by atomic mass is 32.2. The Hall–Kier alpha value is -2.75. The number of carbonyl (C=O) groups is 1. The van der Waals surface area contributed by atoms with Crippen LogP contribution in [0.4, 0.5) is 5.69 Å². The normalized spacial score (nSPS) is 14.3. The smallest absolute Gasteiger partial charge is 0.244 e. The molecule has 0 saturated carbocycles. The number of rotatable bonds is 7. The van der Waals surface area contributed by atoms with E-state index in [-0.39, 0.29) is 23.1 Å². The highest BCUT2D eigenvalue weighted by Gasteiger charge is 2.26. The molecule has 3 aromatic rings. The maximum absolute atomic E-state index is 13.0. The summed E-state index contributed by atoms with van der Waals surface area (Å²) in [7, 11) is -2.46. The molecule has 7 nitrogen and oxygen atoms in total. The molecule has 162 valence electrons. The average molecular weight is 458 g/mol. The number of sulfonamides is 1. The Morgan fingerprint density at radius 2 is 2.03 bits per heavy atom. The SMILES string of the molecule is COc1ccc(N2CCCC2=O)cc1S(=O)(=O)NCc1csc(-c2ccccc2C)n1. The van der Waals surface area contributed by atoms with Crippen molar-refractivity contribution in [3.63, 3.8) is 0 Å². The van der Waals surface area contributed by atoms with E-state index in [9.17, 15) is 13.2 Å². The summed E-state index contributed by atoms with van der Waals surface area (Å²) in [5, 5.41) is 2.69. The maximum atomic E-state index is 13.0. The summed E-state index contributed by atoms with van der Waals surface area (Å²) in [5.41, 5.74) is 3.34. The lowest BCUT2D eigenvalue weighted by Gasteiger charge is -2.18. The van der Waals surface area contributed by atoms with Crippen LogP contribution in [0.25, 0.3) is 10.6 Å². The third-order valence-corrected chi connectivity index (χ3v) is 7.54. The fourth-order valence-corrected chi connectivity index (χ4v) is 5.63. The summed E-state index contributed by atoms with van der Waals surface area (Å²) >= 11 is 1.48. The van der Waals surface area contributed by atoms with Crippen molar-refractivity contribution in [1.29, 1.82) is 0 Å². The number of carbonyl (C=O) groups excluding carboxylic acids is 1. The van der Waals surface area contributed by atoms with Gasteiger partial charge in [-0.15, -0.1) is 11.3 Å². The molecule has 1 N–H and O–H groups in total. The van der Waals surface area contributed by atoms with Gasteiger partial charge in [0.05, 0.1) is 19.3 Å². The number of thiazole rings is 1. The van der Waals surface area contributed by atoms with Gasteiger partial charge in [0, 0.05) is 29.6 Å². The predicted octanol–water partition coefficient (Wildman–Crippen LogP) is 3.73. The van der Waals surface area contributed by atoms with Crippen LogP contribution < -0.4 is 14.4 Å². The number of hydrogen-bond donors (Lipinski definition) is 1. The first-order chi connectivity index (χ1) is 14.9. The molecule has 9 heteroatoms. The number of methoxy groups -OCH3 is 1. The predicted molar refractivity (Wildman–Crippen MR) is 121 cm³/mol. The number of aromatic nitrogens is 1. The average Bonchev–Trinajstić information content (AvgIpc) is 3.41. The van der Waals surface area contributed by atoms with Crippen molar-refractivity contribution >= 4 is 33.0 Å². The standard InChI is InChI=1S/C22H23N3O4S2/c1-15-6-3-4-7-18(15)22-24-16(14-30-22)13-23-31(27,28)20-12-17(9-10-19(20)29-2)25-11-5-8-21(25)26/h3-4,6-7,9-10,12,14,23H,5,8,11,13H2,1-2H3. The van der Waals surface area contributed by atoms with Crippen molar-refractivity contribution in [2.24, 2.45) is 0 Å². The Morgan fingerprint density at radius 1 is 1.23 bits per heavy atom. The van der Waals surface area contributed by atoms with Gasteiger partial charge in [-0.05, 0) is 37.1 Å². The Kier molecular flexibility index (Phi) is 6.08. The van der Waals surface area contributed by atoms with Gasteiger partial charge in [-0.1, -0.05) is 24.3 Å². The number of anilines is 1. The van der Waals surface area contributed by atoms with Gasteiger partial charge in [0.15, 0.2) is 0 Å². The molecule has 0 unspecified atom stereocenters. The number of ether oxygens (including phenoxy) is 1. The number of nitrogens with one attached hydrogen (secondary N) is 1. The number of benzene rings is 2. The monoisotopic (exact) mass is 457 g/mol. The van der Waals surface area contributed by atoms with Gasteiger partial charge in [0.2, 0.25) is 15.9 Å². The second-order valence-corrected chi connectivity index (χ2v) is 9.86.